The van der Waals surface area contributed by atoms with Crippen LogP contribution in [0.5, 0.6) is 0 Å². The van der Waals surface area contributed by atoms with Crippen molar-refractivity contribution in [3.8, 4) is 0 Å². The van der Waals surface area contributed by atoms with Crippen molar-refractivity contribution in [2.45, 2.75) is 24.8 Å². The van der Waals surface area contributed by atoms with E-state index < -0.39 is 16.1 Å². The van der Waals surface area contributed by atoms with Gasteiger partial charge < -0.3 is 0 Å². The molecule has 5 heteroatoms. The molecule has 0 aliphatic carbocycles. The van der Waals surface area contributed by atoms with Crippen LogP contribution in [0.15, 0.2) is 125 Å². The lowest BCUT2D eigenvalue weighted by Crippen LogP contribution is -2.38. The Bertz CT molecular complexity index is 1490. The highest BCUT2D eigenvalue weighted by Crippen LogP contribution is 2.38. The normalized spacial score (nSPS) is 15.9. The zero-order valence-electron chi connectivity index (χ0n) is 19.7. The molecule has 0 amide bonds. The Morgan fingerprint density at radius 1 is 0.657 bits per heavy atom. The number of aryl methyl sites for hydroxylation is 2. The van der Waals surface area contributed by atoms with E-state index in [2.05, 4.69) is 0 Å². The minimum absolute atomic E-state index is 0.248. The molecule has 0 spiro atoms. The Kier molecular flexibility index (Phi) is 6.10. The molecule has 1 unspecified atom stereocenters. The number of benzene rings is 4. The van der Waals surface area contributed by atoms with Gasteiger partial charge in [-0.1, -0.05) is 108 Å². The third-order valence-corrected chi connectivity index (χ3v) is 7.87. The maximum absolute atomic E-state index is 14.1. The average molecular weight is 479 g/mol. The molecule has 174 valence electrons. The fourth-order valence-electron chi connectivity index (χ4n) is 4.21. The number of hydrogen-bond donors (Lipinski definition) is 0. The zero-order valence-corrected chi connectivity index (χ0v) is 20.5. The molecule has 4 nitrogen and oxygen atoms in total. The van der Waals surface area contributed by atoms with Crippen LogP contribution in [0.4, 0.5) is 0 Å². The molecule has 1 heterocycles. The first-order valence-electron chi connectivity index (χ1n) is 11.5. The molecular weight excluding hydrogens is 452 g/mol. The van der Waals surface area contributed by atoms with Gasteiger partial charge in [0.2, 0.25) is 0 Å². The molecule has 0 bridgehead atoms. The second kappa shape index (κ2) is 9.35. The van der Waals surface area contributed by atoms with Gasteiger partial charge in [0.25, 0.3) is 10.0 Å². The van der Waals surface area contributed by atoms with Gasteiger partial charge in [0.05, 0.1) is 16.3 Å². The Balaban J connectivity index is 1.76. The second-order valence-corrected chi connectivity index (χ2v) is 10.5. The van der Waals surface area contributed by atoms with E-state index in [1.807, 2.05) is 111 Å². The first-order chi connectivity index (χ1) is 16.9. The van der Waals surface area contributed by atoms with Crippen LogP contribution >= 0.6 is 0 Å². The molecular formula is C30H26N2O2S. The van der Waals surface area contributed by atoms with Gasteiger partial charge in [-0.25, -0.2) is 13.4 Å². The van der Waals surface area contributed by atoms with Crippen molar-refractivity contribution < 1.29 is 8.42 Å². The van der Waals surface area contributed by atoms with E-state index in [-0.39, 0.29) is 4.90 Å². The summed E-state index contributed by atoms with van der Waals surface area (Å²) in [4.78, 5) is 5.30. The lowest BCUT2D eigenvalue weighted by Gasteiger charge is -2.35. The minimum atomic E-state index is -3.89. The van der Waals surface area contributed by atoms with Gasteiger partial charge >= 0.3 is 0 Å². The van der Waals surface area contributed by atoms with Crippen molar-refractivity contribution >= 4 is 21.4 Å². The molecule has 0 N–H and O–H groups in total. The third kappa shape index (κ3) is 4.55. The summed E-state index contributed by atoms with van der Waals surface area (Å²) in [6.45, 7) is 3.97. The van der Waals surface area contributed by atoms with E-state index in [1.54, 1.807) is 18.3 Å². The summed E-state index contributed by atoms with van der Waals surface area (Å²) >= 11 is 0. The summed E-state index contributed by atoms with van der Waals surface area (Å²) in [5.41, 5.74) is 6.01. The van der Waals surface area contributed by atoms with Crippen LogP contribution in [0.1, 0.15) is 33.9 Å². The first kappa shape index (κ1) is 22.8. The Morgan fingerprint density at radius 2 is 1.20 bits per heavy atom. The lowest BCUT2D eigenvalue weighted by atomic mass is 9.94. The molecule has 1 aliphatic heterocycles. The van der Waals surface area contributed by atoms with Crippen LogP contribution < -0.4 is 0 Å². The van der Waals surface area contributed by atoms with Crippen LogP contribution in [0.25, 0.3) is 5.70 Å². The highest BCUT2D eigenvalue weighted by molar-refractivity contribution is 7.89. The van der Waals surface area contributed by atoms with Crippen molar-refractivity contribution in [3.63, 3.8) is 0 Å². The number of hydrogen-bond acceptors (Lipinski definition) is 3. The summed E-state index contributed by atoms with van der Waals surface area (Å²) in [6, 6.07) is 33.8. The van der Waals surface area contributed by atoms with Crippen LogP contribution in [0.2, 0.25) is 0 Å². The maximum Gasteiger partial charge on any atom is 0.264 e. The SMILES string of the molecule is Cc1ccc(C2=CN(S(=O)(=O)c3ccc(C)cc3)C(c3ccccc3)C(c3ccccc3)=N2)cc1. The Morgan fingerprint density at radius 3 is 1.80 bits per heavy atom. The monoisotopic (exact) mass is 478 g/mol. The van der Waals surface area contributed by atoms with Gasteiger partial charge in [-0.2, -0.15) is 0 Å². The number of rotatable bonds is 5. The molecule has 0 saturated carbocycles. The fourth-order valence-corrected chi connectivity index (χ4v) is 5.67. The number of sulfonamides is 1. The first-order valence-corrected chi connectivity index (χ1v) is 13.0. The molecule has 0 radical (unpaired) electrons. The van der Waals surface area contributed by atoms with Gasteiger partial charge in [0, 0.05) is 11.8 Å². The van der Waals surface area contributed by atoms with Gasteiger partial charge in [-0.05, 0) is 37.1 Å². The molecule has 4 aromatic carbocycles. The Labute approximate surface area is 207 Å². The van der Waals surface area contributed by atoms with Crippen molar-refractivity contribution in [3.05, 3.63) is 143 Å². The van der Waals surface area contributed by atoms with Gasteiger partial charge in [0.1, 0.15) is 6.04 Å². The van der Waals surface area contributed by atoms with Crippen LogP contribution in [0.3, 0.4) is 0 Å². The van der Waals surface area contributed by atoms with Crippen LogP contribution in [-0.4, -0.2) is 18.4 Å². The summed E-state index contributed by atoms with van der Waals surface area (Å²) < 4.78 is 29.7. The van der Waals surface area contributed by atoms with E-state index in [0.717, 1.165) is 27.8 Å². The smallest absolute Gasteiger partial charge is 0.258 e. The summed E-state index contributed by atoms with van der Waals surface area (Å²) in [7, 11) is -3.89. The maximum atomic E-state index is 14.1. The topological polar surface area (TPSA) is 49.7 Å². The molecule has 35 heavy (non-hydrogen) atoms. The quantitative estimate of drug-likeness (QED) is 0.327. The molecule has 4 aromatic rings. The molecule has 0 fully saturated rings. The number of aliphatic imine (C=N–C) groups is 1. The second-order valence-electron chi connectivity index (χ2n) is 8.70. The van der Waals surface area contributed by atoms with Crippen molar-refractivity contribution in [1.29, 1.82) is 0 Å². The van der Waals surface area contributed by atoms with E-state index >= 15 is 0 Å². The predicted molar refractivity (Wildman–Crippen MR) is 142 cm³/mol. The highest BCUT2D eigenvalue weighted by Gasteiger charge is 2.37. The average Bonchev–Trinajstić information content (AvgIpc) is 2.89. The predicted octanol–water partition coefficient (Wildman–Crippen LogP) is 6.54. The molecule has 1 atom stereocenters. The van der Waals surface area contributed by atoms with Crippen molar-refractivity contribution in [2.24, 2.45) is 4.99 Å². The van der Waals surface area contributed by atoms with E-state index in [9.17, 15) is 8.42 Å². The lowest BCUT2D eigenvalue weighted by molar-refractivity contribution is 0.470. The van der Waals surface area contributed by atoms with Gasteiger partial charge in [-0.15, -0.1) is 0 Å². The summed E-state index contributed by atoms with van der Waals surface area (Å²) in [6.07, 6.45) is 1.67. The van der Waals surface area contributed by atoms with E-state index in [0.29, 0.717) is 11.4 Å². The largest absolute Gasteiger partial charge is 0.264 e. The zero-order chi connectivity index (χ0) is 24.4. The van der Waals surface area contributed by atoms with Gasteiger partial charge in [0.15, 0.2) is 0 Å². The fraction of sp³-hybridized carbons (Fsp3) is 0.100. The van der Waals surface area contributed by atoms with E-state index in [4.69, 9.17) is 4.99 Å². The summed E-state index contributed by atoms with van der Waals surface area (Å²) in [5.74, 6) is 0. The molecule has 1 aliphatic rings. The van der Waals surface area contributed by atoms with Crippen molar-refractivity contribution in [1.82, 2.24) is 4.31 Å². The van der Waals surface area contributed by atoms with Gasteiger partial charge in [-0.3, -0.25) is 4.31 Å². The third-order valence-electron chi connectivity index (χ3n) is 6.13. The molecule has 0 saturated heterocycles. The number of nitrogens with zero attached hydrogens (tertiary/aromatic N) is 2. The summed E-state index contributed by atoms with van der Waals surface area (Å²) in [5, 5.41) is 0. The minimum Gasteiger partial charge on any atom is -0.258 e. The standard InChI is InChI=1S/C30H26N2O2S/c1-22-13-17-24(18-14-22)28-21-32(35(33,34)27-19-15-23(2)16-20-27)30(26-11-7-4-8-12-26)29(31-28)25-9-5-3-6-10-25/h3-21,30H,1-2H3. The highest BCUT2D eigenvalue weighted by atomic mass is 32.2. The van der Waals surface area contributed by atoms with E-state index in [1.165, 1.54) is 4.31 Å². The van der Waals surface area contributed by atoms with Crippen LogP contribution in [-0.2, 0) is 10.0 Å². The van der Waals surface area contributed by atoms with Crippen molar-refractivity contribution in [2.75, 3.05) is 0 Å². The molecule has 0 aromatic heterocycles. The Hall–Kier alpha value is -3.96. The van der Waals surface area contributed by atoms with Crippen LogP contribution in [0, 0.1) is 13.8 Å². The molecule has 5 rings (SSSR count).